The number of benzene rings is 1. The zero-order valence-corrected chi connectivity index (χ0v) is 12.0. The molecule has 0 bridgehead atoms. The predicted molar refractivity (Wildman–Crippen MR) is 74.6 cm³/mol. The lowest BCUT2D eigenvalue weighted by molar-refractivity contribution is -0.131. The highest BCUT2D eigenvalue weighted by molar-refractivity contribution is 5.86. The third-order valence-electron chi connectivity index (χ3n) is 3.27. The third-order valence-corrected chi connectivity index (χ3v) is 3.27. The van der Waals surface area contributed by atoms with E-state index in [2.05, 4.69) is 13.8 Å². The van der Waals surface area contributed by atoms with Gasteiger partial charge in [-0.1, -0.05) is 46.8 Å². The summed E-state index contributed by atoms with van der Waals surface area (Å²) in [5.74, 6) is 0.938. The van der Waals surface area contributed by atoms with Gasteiger partial charge in [0.05, 0.1) is 0 Å². The second kappa shape index (κ2) is 5.55. The molecule has 100 valence electrons. The Morgan fingerprint density at radius 1 is 1.17 bits per heavy atom. The maximum Gasteiger partial charge on any atom is 0.141 e. The van der Waals surface area contributed by atoms with Crippen molar-refractivity contribution in [2.75, 3.05) is 0 Å². The van der Waals surface area contributed by atoms with Crippen LogP contribution in [-0.4, -0.2) is 10.9 Å². The molecule has 1 aromatic rings. The molecule has 18 heavy (non-hydrogen) atoms. The zero-order valence-electron chi connectivity index (χ0n) is 12.0. The molecular formula is C16H24O2. The van der Waals surface area contributed by atoms with Crippen molar-refractivity contribution in [3.8, 4) is 5.75 Å². The highest BCUT2D eigenvalue weighted by Crippen LogP contribution is 2.28. The average molecular weight is 248 g/mol. The monoisotopic (exact) mass is 248 g/mol. The van der Waals surface area contributed by atoms with Crippen LogP contribution in [-0.2, 0) is 11.2 Å². The van der Waals surface area contributed by atoms with Crippen molar-refractivity contribution in [1.29, 1.82) is 0 Å². The Balaban J connectivity index is 2.88. The number of carbonyl (C=O) groups excluding carboxylic acids is 1. The first-order valence-electron chi connectivity index (χ1n) is 6.54. The summed E-state index contributed by atoms with van der Waals surface area (Å²) < 4.78 is 0. The lowest BCUT2D eigenvalue weighted by Gasteiger charge is -2.27. The van der Waals surface area contributed by atoms with Crippen molar-refractivity contribution in [1.82, 2.24) is 0 Å². The summed E-state index contributed by atoms with van der Waals surface area (Å²) in [6.07, 6.45) is 0.744. The molecule has 1 rings (SSSR count). The van der Waals surface area contributed by atoms with Crippen molar-refractivity contribution < 1.29 is 9.90 Å². The molecule has 0 aromatic heterocycles. The van der Waals surface area contributed by atoms with Crippen molar-refractivity contribution in [3.05, 3.63) is 29.8 Å². The van der Waals surface area contributed by atoms with E-state index in [-0.39, 0.29) is 17.1 Å². The van der Waals surface area contributed by atoms with Crippen LogP contribution < -0.4 is 0 Å². The minimum atomic E-state index is -0.300. The van der Waals surface area contributed by atoms with Gasteiger partial charge in [-0.3, -0.25) is 4.79 Å². The molecule has 0 radical (unpaired) electrons. The molecule has 0 saturated heterocycles. The number of phenolic OH excluding ortho intramolecular Hbond substituents is 1. The van der Waals surface area contributed by atoms with E-state index in [1.807, 2.05) is 32.9 Å². The zero-order chi connectivity index (χ0) is 13.9. The van der Waals surface area contributed by atoms with Crippen LogP contribution in [0.3, 0.4) is 0 Å². The van der Waals surface area contributed by atoms with Crippen molar-refractivity contribution >= 4 is 5.78 Å². The second-order valence-electron chi connectivity index (χ2n) is 6.34. The topological polar surface area (TPSA) is 37.3 Å². The number of phenols is 1. The van der Waals surface area contributed by atoms with E-state index >= 15 is 0 Å². The van der Waals surface area contributed by atoms with Crippen LogP contribution >= 0.6 is 0 Å². The molecule has 2 heteroatoms. The Labute approximate surface area is 110 Å². The summed E-state index contributed by atoms with van der Waals surface area (Å²) in [5, 5.41) is 9.27. The highest BCUT2D eigenvalue weighted by Gasteiger charge is 2.31. The maximum atomic E-state index is 12.4. The van der Waals surface area contributed by atoms with Gasteiger partial charge in [-0.2, -0.15) is 0 Å². The fourth-order valence-electron chi connectivity index (χ4n) is 2.07. The molecule has 1 unspecified atom stereocenters. The molecule has 1 N–H and O–H groups in total. The molecule has 1 aromatic carbocycles. The first kappa shape index (κ1) is 14.7. The van der Waals surface area contributed by atoms with E-state index < -0.39 is 0 Å². The largest absolute Gasteiger partial charge is 0.508 e. The van der Waals surface area contributed by atoms with Crippen molar-refractivity contribution in [3.63, 3.8) is 0 Å². The molecule has 0 saturated carbocycles. The number of Topliss-reactive ketones (excluding diaryl/α,β-unsaturated/α-hetero) is 1. The van der Waals surface area contributed by atoms with Gasteiger partial charge in [0.1, 0.15) is 11.5 Å². The molecule has 0 heterocycles. The van der Waals surface area contributed by atoms with Gasteiger partial charge in [-0.05, 0) is 30.0 Å². The van der Waals surface area contributed by atoms with E-state index in [0.29, 0.717) is 11.7 Å². The maximum absolute atomic E-state index is 12.4. The normalized spacial score (nSPS) is 13.7. The number of hydrogen-bond donors (Lipinski definition) is 1. The van der Waals surface area contributed by atoms with Crippen LogP contribution in [0.2, 0.25) is 0 Å². The molecular weight excluding hydrogens is 224 g/mol. The minimum Gasteiger partial charge on any atom is -0.508 e. The SMILES string of the molecule is CC(C)C(Cc1ccc(O)cc1)C(=O)C(C)(C)C. The van der Waals surface area contributed by atoms with Crippen molar-refractivity contribution in [2.24, 2.45) is 17.3 Å². The number of ketones is 1. The second-order valence-corrected chi connectivity index (χ2v) is 6.34. The van der Waals surface area contributed by atoms with Crippen molar-refractivity contribution in [2.45, 2.75) is 41.0 Å². The van der Waals surface area contributed by atoms with Gasteiger partial charge in [0.15, 0.2) is 0 Å². The van der Waals surface area contributed by atoms with Gasteiger partial charge in [0.25, 0.3) is 0 Å². The van der Waals surface area contributed by atoms with Crippen LogP contribution in [0.1, 0.15) is 40.2 Å². The summed E-state index contributed by atoms with van der Waals surface area (Å²) in [6.45, 7) is 10.1. The summed E-state index contributed by atoms with van der Waals surface area (Å²) in [6, 6.07) is 7.13. The summed E-state index contributed by atoms with van der Waals surface area (Å²) in [4.78, 5) is 12.4. The smallest absolute Gasteiger partial charge is 0.141 e. The van der Waals surface area contributed by atoms with Crippen LogP contribution in [0.15, 0.2) is 24.3 Å². The molecule has 0 aliphatic heterocycles. The fourth-order valence-corrected chi connectivity index (χ4v) is 2.07. The average Bonchev–Trinajstić information content (AvgIpc) is 2.25. The van der Waals surface area contributed by atoms with Gasteiger partial charge in [0.2, 0.25) is 0 Å². The van der Waals surface area contributed by atoms with Crippen LogP contribution in [0.4, 0.5) is 0 Å². The van der Waals surface area contributed by atoms with E-state index in [4.69, 9.17) is 0 Å². The van der Waals surface area contributed by atoms with Gasteiger partial charge in [0, 0.05) is 11.3 Å². The van der Waals surface area contributed by atoms with Gasteiger partial charge in [-0.25, -0.2) is 0 Å². The molecule has 0 aliphatic carbocycles. The van der Waals surface area contributed by atoms with Crippen LogP contribution in [0.25, 0.3) is 0 Å². The molecule has 0 amide bonds. The molecule has 2 nitrogen and oxygen atoms in total. The van der Waals surface area contributed by atoms with Crippen LogP contribution in [0, 0.1) is 17.3 Å². The third kappa shape index (κ3) is 3.86. The van der Waals surface area contributed by atoms with Gasteiger partial charge >= 0.3 is 0 Å². The first-order chi connectivity index (χ1) is 8.21. The Bertz CT molecular complexity index is 396. The molecule has 0 aliphatic rings. The van der Waals surface area contributed by atoms with Gasteiger partial charge < -0.3 is 5.11 Å². The standard InChI is InChI=1S/C16H24O2/c1-11(2)14(15(18)16(3,4)5)10-12-6-8-13(17)9-7-12/h6-9,11,14,17H,10H2,1-5H3. The summed E-state index contributed by atoms with van der Waals surface area (Å²) in [7, 11) is 0. The Morgan fingerprint density at radius 2 is 1.67 bits per heavy atom. The number of carbonyl (C=O) groups is 1. The van der Waals surface area contributed by atoms with E-state index in [1.54, 1.807) is 12.1 Å². The lowest BCUT2D eigenvalue weighted by atomic mass is 9.75. The minimum absolute atomic E-state index is 0.0366. The van der Waals surface area contributed by atoms with E-state index in [0.717, 1.165) is 12.0 Å². The summed E-state index contributed by atoms with van der Waals surface area (Å²) >= 11 is 0. The molecule has 0 spiro atoms. The quantitative estimate of drug-likeness (QED) is 0.879. The Kier molecular flexibility index (Phi) is 4.55. The number of hydrogen-bond acceptors (Lipinski definition) is 2. The summed E-state index contributed by atoms with van der Waals surface area (Å²) in [5.41, 5.74) is 0.801. The van der Waals surface area contributed by atoms with E-state index in [9.17, 15) is 9.90 Å². The molecule has 0 fully saturated rings. The fraction of sp³-hybridized carbons (Fsp3) is 0.562. The highest BCUT2D eigenvalue weighted by atomic mass is 16.3. The lowest BCUT2D eigenvalue weighted by Crippen LogP contribution is -2.32. The Morgan fingerprint density at radius 3 is 2.06 bits per heavy atom. The number of aromatic hydroxyl groups is 1. The van der Waals surface area contributed by atoms with E-state index in [1.165, 1.54) is 0 Å². The van der Waals surface area contributed by atoms with Crippen LogP contribution in [0.5, 0.6) is 5.75 Å². The first-order valence-corrected chi connectivity index (χ1v) is 6.54. The predicted octanol–water partition coefficient (Wildman–Crippen LogP) is 3.82. The molecule has 1 atom stereocenters. The number of rotatable bonds is 4. The van der Waals surface area contributed by atoms with Gasteiger partial charge in [-0.15, -0.1) is 0 Å². The Hall–Kier alpha value is -1.31.